The number of fused-ring (bicyclic) bond motifs is 1. The summed E-state index contributed by atoms with van der Waals surface area (Å²) in [7, 11) is 0. The second kappa shape index (κ2) is 5.12. The van der Waals surface area contributed by atoms with Crippen LogP contribution in [-0.4, -0.2) is 0 Å². The molecule has 4 heteroatoms. The molecule has 0 saturated carbocycles. The Morgan fingerprint density at radius 1 is 1.41 bits per heavy atom. The number of nitrogens with two attached hydrogens (primary N) is 1. The lowest BCUT2D eigenvalue weighted by molar-refractivity contribution is 0.388. The van der Waals surface area contributed by atoms with E-state index in [-0.39, 0.29) is 11.9 Å². The molecule has 2 aromatic rings. The molecule has 2 unspecified atom stereocenters. The Morgan fingerprint density at radius 2 is 2.18 bits per heavy atom. The molecule has 2 nitrogen and oxygen atoms in total. The molecule has 2 atom stereocenters. The van der Waals surface area contributed by atoms with Gasteiger partial charge in [-0.25, -0.2) is 4.39 Å². The minimum atomic E-state index is -0.192. The first kappa shape index (κ1) is 12.5. The summed E-state index contributed by atoms with van der Waals surface area (Å²) >= 11 is 1.67. The molecule has 0 aliphatic heterocycles. The predicted octanol–water partition coefficient (Wildman–Crippen LogP) is 3.59. The highest BCUT2D eigenvalue weighted by molar-refractivity contribution is 7.19. The third kappa shape index (κ3) is 2.49. The van der Waals surface area contributed by atoms with Gasteiger partial charge >= 0.3 is 0 Å². The molecule has 3 N–H and O–H groups in total. The van der Waals surface area contributed by atoms with Gasteiger partial charge in [0.05, 0.1) is 6.04 Å². The first-order valence-electron chi connectivity index (χ1n) is 5.80. The minimum Gasteiger partial charge on any atom is -0.271 e. The summed E-state index contributed by atoms with van der Waals surface area (Å²) in [5.74, 6) is 5.88. The van der Waals surface area contributed by atoms with Crippen molar-refractivity contribution in [3.8, 4) is 0 Å². The fraction of sp³-hybridized carbons (Fsp3) is 0.385. The predicted molar refractivity (Wildman–Crippen MR) is 71.3 cm³/mol. The number of hydrogen-bond acceptors (Lipinski definition) is 3. The smallest absolute Gasteiger partial charge is 0.123 e. The zero-order valence-electron chi connectivity index (χ0n) is 10.0. The molecule has 0 spiro atoms. The molecule has 17 heavy (non-hydrogen) atoms. The Balaban J connectivity index is 2.41. The van der Waals surface area contributed by atoms with Crippen molar-refractivity contribution in [2.45, 2.75) is 26.3 Å². The minimum absolute atomic E-state index is 0.139. The number of hydrazine groups is 1. The van der Waals surface area contributed by atoms with Gasteiger partial charge in [-0.05, 0) is 35.6 Å². The quantitative estimate of drug-likeness (QED) is 0.644. The first-order chi connectivity index (χ1) is 8.15. The Labute approximate surface area is 105 Å². The van der Waals surface area contributed by atoms with Gasteiger partial charge in [-0.15, -0.1) is 11.3 Å². The van der Waals surface area contributed by atoms with E-state index in [1.807, 2.05) is 12.1 Å². The lowest BCUT2D eigenvalue weighted by Crippen LogP contribution is -2.31. The first-order valence-corrected chi connectivity index (χ1v) is 6.62. The van der Waals surface area contributed by atoms with Crippen LogP contribution in [0.15, 0.2) is 24.3 Å². The number of halogens is 1. The van der Waals surface area contributed by atoms with Crippen LogP contribution in [0.1, 0.15) is 31.2 Å². The highest BCUT2D eigenvalue weighted by Crippen LogP contribution is 2.34. The maximum absolute atomic E-state index is 13.1. The van der Waals surface area contributed by atoms with Crippen molar-refractivity contribution in [3.63, 3.8) is 0 Å². The van der Waals surface area contributed by atoms with E-state index in [9.17, 15) is 4.39 Å². The fourth-order valence-electron chi connectivity index (χ4n) is 1.95. The summed E-state index contributed by atoms with van der Waals surface area (Å²) in [6, 6.07) is 7.06. The number of rotatable bonds is 4. The topological polar surface area (TPSA) is 38.0 Å². The average molecular weight is 252 g/mol. The molecule has 0 aliphatic rings. The lowest BCUT2D eigenvalue weighted by atomic mass is 9.98. The molecule has 1 heterocycles. The molecule has 0 aliphatic carbocycles. The van der Waals surface area contributed by atoms with Crippen molar-refractivity contribution in [3.05, 3.63) is 35.0 Å². The van der Waals surface area contributed by atoms with Crippen LogP contribution in [0.4, 0.5) is 4.39 Å². The highest BCUT2D eigenvalue weighted by atomic mass is 32.1. The maximum Gasteiger partial charge on any atom is 0.123 e. The summed E-state index contributed by atoms with van der Waals surface area (Å²) in [6.45, 7) is 4.30. The van der Waals surface area contributed by atoms with Gasteiger partial charge < -0.3 is 0 Å². The van der Waals surface area contributed by atoms with Crippen LogP contribution >= 0.6 is 11.3 Å². The third-order valence-corrected chi connectivity index (χ3v) is 4.40. The fourth-order valence-corrected chi connectivity index (χ4v) is 3.19. The SMILES string of the molecule is CCC(C)C(NN)c1cc2cc(F)ccc2s1. The Morgan fingerprint density at radius 3 is 2.82 bits per heavy atom. The second-order valence-corrected chi connectivity index (χ2v) is 5.48. The maximum atomic E-state index is 13.1. The number of benzene rings is 1. The summed E-state index contributed by atoms with van der Waals surface area (Å²) in [6.07, 6.45) is 1.05. The molecule has 92 valence electrons. The molecule has 2 rings (SSSR count). The van der Waals surface area contributed by atoms with Gasteiger partial charge in [-0.1, -0.05) is 20.3 Å². The van der Waals surface area contributed by atoms with Crippen molar-refractivity contribution in [1.82, 2.24) is 5.43 Å². The van der Waals surface area contributed by atoms with Gasteiger partial charge in [0.1, 0.15) is 5.82 Å². The monoisotopic (exact) mass is 252 g/mol. The van der Waals surface area contributed by atoms with E-state index in [2.05, 4.69) is 19.3 Å². The van der Waals surface area contributed by atoms with Gasteiger partial charge in [0.25, 0.3) is 0 Å². The van der Waals surface area contributed by atoms with E-state index in [0.717, 1.165) is 16.5 Å². The summed E-state index contributed by atoms with van der Waals surface area (Å²) in [5, 5.41) is 0.952. The van der Waals surface area contributed by atoms with Gasteiger partial charge in [0.15, 0.2) is 0 Å². The summed E-state index contributed by atoms with van der Waals surface area (Å²) in [4.78, 5) is 1.17. The van der Waals surface area contributed by atoms with Gasteiger partial charge in [0.2, 0.25) is 0 Å². The van der Waals surface area contributed by atoms with Crippen molar-refractivity contribution in [2.75, 3.05) is 0 Å². The van der Waals surface area contributed by atoms with Gasteiger partial charge in [-0.3, -0.25) is 11.3 Å². The molecule has 1 aromatic heterocycles. The lowest BCUT2D eigenvalue weighted by Gasteiger charge is -2.20. The van der Waals surface area contributed by atoms with E-state index in [0.29, 0.717) is 5.92 Å². The van der Waals surface area contributed by atoms with Crippen molar-refractivity contribution < 1.29 is 4.39 Å². The van der Waals surface area contributed by atoms with E-state index < -0.39 is 0 Å². The number of hydrogen-bond donors (Lipinski definition) is 2. The van der Waals surface area contributed by atoms with Crippen LogP contribution in [-0.2, 0) is 0 Å². The van der Waals surface area contributed by atoms with Crippen LogP contribution in [0.25, 0.3) is 10.1 Å². The van der Waals surface area contributed by atoms with E-state index in [4.69, 9.17) is 5.84 Å². The molecule has 0 saturated heterocycles. The Bertz CT molecular complexity index is 509. The molecule has 0 bridgehead atoms. The van der Waals surface area contributed by atoms with Crippen LogP contribution in [0.2, 0.25) is 0 Å². The summed E-state index contributed by atoms with van der Waals surface area (Å²) < 4.78 is 14.2. The molecule has 1 aromatic carbocycles. The number of nitrogens with one attached hydrogen (secondary N) is 1. The largest absolute Gasteiger partial charge is 0.271 e. The molecule has 0 radical (unpaired) electrons. The van der Waals surface area contributed by atoms with Crippen LogP contribution in [0.3, 0.4) is 0 Å². The summed E-state index contributed by atoms with van der Waals surface area (Å²) in [5.41, 5.74) is 2.86. The molecule has 0 amide bonds. The van der Waals surface area contributed by atoms with Crippen LogP contribution in [0.5, 0.6) is 0 Å². The standard InChI is InChI=1S/C13H17FN2S/c1-3-8(2)13(16-15)12-7-9-6-10(14)4-5-11(9)17-12/h4-8,13,16H,3,15H2,1-2H3. The zero-order chi connectivity index (χ0) is 12.4. The molecular weight excluding hydrogens is 235 g/mol. The van der Waals surface area contributed by atoms with Gasteiger partial charge in [-0.2, -0.15) is 0 Å². The van der Waals surface area contributed by atoms with E-state index in [1.54, 1.807) is 17.4 Å². The molecular formula is C13H17FN2S. The van der Waals surface area contributed by atoms with Crippen molar-refractivity contribution in [1.29, 1.82) is 0 Å². The van der Waals surface area contributed by atoms with Gasteiger partial charge in [0, 0.05) is 9.58 Å². The van der Waals surface area contributed by atoms with Crippen LogP contribution < -0.4 is 11.3 Å². The zero-order valence-corrected chi connectivity index (χ0v) is 10.9. The van der Waals surface area contributed by atoms with Crippen molar-refractivity contribution >= 4 is 21.4 Å². The number of thiophene rings is 1. The Hall–Kier alpha value is -0.970. The second-order valence-electron chi connectivity index (χ2n) is 4.36. The average Bonchev–Trinajstić information content (AvgIpc) is 2.72. The molecule has 0 fully saturated rings. The van der Waals surface area contributed by atoms with Crippen molar-refractivity contribution in [2.24, 2.45) is 11.8 Å². The van der Waals surface area contributed by atoms with E-state index in [1.165, 1.54) is 10.9 Å². The highest BCUT2D eigenvalue weighted by Gasteiger charge is 2.18. The van der Waals surface area contributed by atoms with Crippen LogP contribution in [0, 0.1) is 11.7 Å². The Kier molecular flexibility index (Phi) is 3.76. The van der Waals surface area contributed by atoms with E-state index >= 15 is 0 Å². The third-order valence-electron chi connectivity index (χ3n) is 3.20. The normalized spacial score (nSPS) is 15.1.